The van der Waals surface area contributed by atoms with Crippen molar-refractivity contribution in [2.45, 2.75) is 117 Å². The largest absolute Gasteiger partial charge is 0.478 e. The Hall–Kier alpha value is -2.34. The Bertz CT molecular complexity index is 1450. The van der Waals surface area contributed by atoms with Crippen LogP contribution in [0, 0.1) is 51.2 Å². The number of nitrogens with one attached hydrogen (secondary N) is 1. The average molecular weight is 658 g/mol. The molecule has 7 rings (SSSR count). The minimum absolute atomic E-state index is 0.116. The van der Waals surface area contributed by atoms with Crippen molar-refractivity contribution >= 4 is 12.0 Å². The second-order valence-electron chi connectivity index (χ2n) is 18.9. The van der Waals surface area contributed by atoms with Gasteiger partial charge in [-0.05, 0) is 153 Å². The van der Waals surface area contributed by atoms with Gasteiger partial charge in [0.15, 0.2) is 0 Å². The number of rotatable bonds is 4. The quantitative estimate of drug-likeness (QED) is 0.318. The zero-order valence-corrected chi connectivity index (χ0v) is 31.0. The molecule has 6 fully saturated rings. The Balaban J connectivity index is 1.17. The van der Waals surface area contributed by atoms with Gasteiger partial charge in [-0.15, -0.1) is 0 Å². The number of piperazine rings is 1. The topological polar surface area (TPSA) is 72.9 Å². The maximum absolute atomic E-state index is 13.9. The highest BCUT2D eigenvalue weighted by Crippen LogP contribution is 2.77. The summed E-state index contributed by atoms with van der Waals surface area (Å²) < 4.78 is 0. The van der Waals surface area contributed by atoms with Crippen LogP contribution in [0.3, 0.4) is 0 Å². The predicted octanol–water partition coefficient (Wildman–Crippen LogP) is 8.84. The molecule has 5 aliphatic carbocycles. The van der Waals surface area contributed by atoms with E-state index in [1.165, 1.54) is 56.1 Å². The van der Waals surface area contributed by atoms with Crippen molar-refractivity contribution in [1.29, 1.82) is 0 Å². The van der Waals surface area contributed by atoms with Gasteiger partial charge in [-0.3, -0.25) is 0 Å². The summed E-state index contributed by atoms with van der Waals surface area (Å²) in [5, 5.41) is 13.3. The maximum atomic E-state index is 13.9. The van der Waals surface area contributed by atoms with Gasteiger partial charge in [-0.25, -0.2) is 9.59 Å². The van der Waals surface area contributed by atoms with Gasteiger partial charge in [0.05, 0.1) is 5.56 Å². The van der Waals surface area contributed by atoms with Gasteiger partial charge >= 0.3 is 12.0 Å². The summed E-state index contributed by atoms with van der Waals surface area (Å²) in [6.07, 6.45) is 12.1. The van der Waals surface area contributed by atoms with E-state index in [9.17, 15) is 14.7 Å². The summed E-state index contributed by atoms with van der Waals surface area (Å²) in [4.78, 5) is 29.9. The molecule has 1 heterocycles. The molecular formula is C42H63N3O3. The Labute approximate surface area is 290 Å². The number of aromatic carboxylic acids is 1. The van der Waals surface area contributed by atoms with Crippen LogP contribution in [0.25, 0.3) is 0 Å². The zero-order valence-electron chi connectivity index (χ0n) is 31.0. The molecule has 2 N–H and O–H groups in total. The zero-order chi connectivity index (χ0) is 34.4. The number of amides is 2. The van der Waals surface area contributed by atoms with Crippen molar-refractivity contribution in [2.24, 2.45) is 51.2 Å². The van der Waals surface area contributed by atoms with Crippen LogP contribution in [0.2, 0.25) is 0 Å². The monoisotopic (exact) mass is 657 g/mol. The number of carbonyl (C=O) groups excluding carboxylic acids is 1. The van der Waals surface area contributed by atoms with E-state index in [4.69, 9.17) is 0 Å². The molecule has 264 valence electrons. The third kappa shape index (κ3) is 4.88. The van der Waals surface area contributed by atoms with Gasteiger partial charge in [-0.2, -0.15) is 0 Å². The van der Waals surface area contributed by atoms with E-state index >= 15 is 0 Å². The number of likely N-dealkylation sites (N-methyl/N-ethyl adjacent to an activating group) is 1. The average Bonchev–Trinajstić information content (AvgIpc) is 3.41. The Morgan fingerprint density at radius 2 is 1.50 bits per heavy atom. The molecule has 6 aliphatic rings. The van der Waals surface area contributed by atoms with E-state index in [0.717, 1.165) is 45.4 Å². The van der Waals surface area contributed by atoms with Crippen molar-refractivity contribution in [3.8, 4) is 0 Å². The first-order valence-corrected chi connectivity index (χ1v) is 19.3. The lowest BCUT2D eigenvalue weighted by Gasteiger charge is -2.73. The molecule has 6 heteroatoms. The van der Waals surface area contributed by atoms with Crippen LogP contribution >= 0.6 is 0 Å². The maximum Gasteiger partial charge on any atom is 0.335 e. The number of benzene rings is 1. The van der Waals surface area contributed by atoms with Crippen LogP contribution in [0.15, 0.2) is 36.4 Å². The number of allylic oxidation sites excluding steroid dienone is 1. The van der Waals surface area contributed by atoms with Crippen molar-refractivity contribution in [3.63, 3.8) is 0 Å². The lowest BCUT2D eigenvalue weighted by Crippen LogP contribution is -2.69. The number of hydrogen-bond acceptors (Lipinski definition) is 3. The molecule has 1 saturated heterocycles. The summed E-state index contributed by atoms with van der Waals surface area (Å²) in [5.74, 6) is 2.48. The number of fused-ring (bicyclic) bond motifs is 7. The molecule has 0 radical (unpaired) electrons. The van der Waals surface area contributed by atoms with E-state index in [2.05, 4.69) is 82.4 Å². The molecule has 5 saturated carbocycles. The van der Waals surface area contributed by atoms with E-state index in [1.807, 2.05) is 0 Å². The molecule has 0 spiro atoms. The molecule has 1 aliphatic heterocycles. The summed E-state index contributed by atoms with van der Waals surface area (Å²) in [6, 6.07) is 7.96. The minimum Gasteiger partial charge on any atom is -0.478 e. The van der Waals surface area contributed by atoms with E-state index in [-0.39, 0.29) is 33.2 Å². The standard InChI is InChI=1S/C42H63N3O3/c1-27(2)30-15-20-42(43-37(48)45-25-23-44(8)24-26-45)22-21-40(6)32(35(30)42)13-14-34-39(5)18-16-31(28-9-11-29(12-10-28)36(46)47)38(3,4)33(39)17-19-41(34,40)7/h9-12,30-35H,1,13-26H2,2-8H3,(H,43,48)(H,46,47)/t30-,31?,32+,33-,34+,35+,39-,40+,41+,42-/m0/s1. The minimum atomic E-state index is -0.850. The van der Waals surface area contributed by atoms with Crippen LogP contribution in [0.5, 0.6) is 0 Å². The smallest absolute Gasteiger partial charge is 0.335 e. The second kappa shape index (κ2) is 11.6. The molecule has 0 bridgehead atoms. The van der Waals surface area contributed by atoms with Crippen LogP contribution in [-0.4, -0.2) is 65.7 Å². The molecule has 1 unspecified atom stereocenters. The number of hydrogen-bond donors (Lipinski definition) is 2. The number of carboxylic acid groups (broad SMARTS) is 1. The van der Waals surface area contributed by atoms with Crippen LogP contribution < -0.4 is 5.32 Å². The third-order valence-electron chi connectivity index (χ3n) is 16.8. The van der Waals surface area contributed by atoms with E-state index in [1.54, 1.807) is 12.1 Å². The van der Waals surface area contributed by atoms with Crippen LogP contribution in [0.4, 0.5) is 4.79 Å². The van der Waals surface area contributed by atoms with Gasteiger partial charge in [0, 0.05) is 31.7 Å². The highest BCUT2D eigenvalue weighted by molar-refractivity contribution is 5.87. The molecule has 6 nitrogen and oxygen atoms in total. The number of urea groups is 1. The fourth-order valence-corrected chi connectivity index (χ4v) is 14.1. The summed E-state index contributed by atoms with van der Waals surface area (Å²) >= 11 is 0. The highest BCUT2D eigenvalue weighted by Gasteiger charge is 2.71. The first kappa shape index (κ1) is 34.1. The van der Waals surface area contributed by atoms with E-state index < -0.39 is 5.97 Å². The number of carboxylic acids is 1. The summed E-state index contributed by atoms with van der Waals surface area (Å²) in [6.45, 7) is 23.5. The molecule has 0 aromatic heterocycles. The van der Waals surface area contributed by atoms with Gasteiger partial charge in [0.25, 0.3) is 0 Å². The van der Waals surface area contributed by atoms with Crippen LogP contribution in [0.1, 0.15) is 128 Å². The summed E-state index contributed by atoms with van der Waals surface area (Å²) in [7, 11) is 2.15. The van der Waals surface area contributed by atoms with Crippen molar-refractivity contribution < 1.29 is 14.7 Å². The fourth-order valence-electron chi connectivity index (χ4n) is 14.1. The number of carbonyl (C=O) groups is 2. The number of nitrogens with zero attached hydrogens (tertiary/aromatic N) is 2. The van der Waals surface area contributed by atoms with Gasteiger partial charge in [0.2, 0.25) is 0 Å². The Kier molecular flexibility index (Phi) is 8.25. The first-order chi connectivity index (χ1) is 22.6. The molecule has 2 amide bonds. The van der Waals surface area contributed by atoms with Crippen LogP contribution in [-0.2, 0) is 0 Å². The van der Waals surface area contributed by atoms with Gasteiger partial charge < -0.3 is 20.2 Å². The molecule has 1 aromatic rings. The SMILES string of the molecule is C=C(C)[C@@H]1CC[C@]2(NC(=O)N3CCN(C)CC3)CC[C@]3(C)[C@H](CC[C@@H]4[C@@]5(C)CCC(c6ccc(C(=O)O)cc6)C(C)(C)[C@@H]5CC[C@]43C)[C@@H]12. The Morgan fingerprint density at radius 1 is 0.812 bits per heavy atom. The van der Waals surface area contributed by atoms with Crippen molar-refractivity contribution in [2.75, 3.05) is 33.2 Å². The fraction of sp³-hybridized carbons (Fsp3) is 0.762. The third-order valence-corrected chi connectivity index (χ3v) is 16.8. The summed E-state index contributed by atoms with van der Waals surface area (Å²) in [5.41, 5.74) is 3.82. The highest BCUT2D eigenvalue weighted by atomic mass is 16.4. The Morgan fingerprint density at radius 3 is 2.15 bits per heavy atom. The van der Waals surface area contributed by atoms with Gasteiger partial charge in [-0.1, -0.05) is 58.9 Å². The predicted molar refractivity (Wildman–Crippen MR) is 193 cm³/mol. The molecule has 48 heavy (non-hydrogen) atoms. The van der Waals surface area contributed by atoms with E-state index in [0.29, 0.717) is 41.1 Å². The molecular weight excluding hydrogens is 594 g/mol. The molecule has 1 aromatic carbocycles. The van der Waals surface area contributed by atoms with Crippen molar-refractivity contribution in [3.05, 3.63) is 47.5 Å². The van der Waals surface area contributed by atoms with Crippen molar-refractivity contribution in [1.82, 2.24) is 15.1 Å². The lowest BCUT2D eigenvalue weighted by atomic mass is 9.32. The second-order valence-corrected chi connectivity index (χ2v) is 18.9. The first-order valence-electron chi connectivity index (χ1n) is 19.3. The lowest BCUT2D eigenvalue weighted by molar-refractivity contribution is -0.233. The normalized spacial score (nSPS) is 43.7. The molecule has 10 atom stereocenters. The van der Waals surface area contributed by atoms with Gasteiger partial charge in [0.1, 0.15) is 0 Å².